The molecule has 4 rings (SSSR count). The van der Waals surface area contributed by atoms with Gasteiger partial charge in [0.05, 0.1) is 12.0 Å². The Morgan fingerprint density at radius 3 is 2.84 bits per heavy atom. The second-order valence-electron chi connectivity index (χ2n) is 5.44. The van der Waals surface area contributed by atoms with E-state index in [1.54, 1.807) is 18.9 Å². The summed E-state index contributed by atoms with van der Waals surface area (Å²) in [6.07, 6.45) is 3.88. The first-order valence-corrected chi connectivity index (χ1v) is 9.57. The van der Waals surface area contributed by atoms with Crippen LogP contribution < -0.4 is 19.9 Å². The molecule has 5 nitrogen and oxygen atoms in total. The van der Waals surface area contributed by atoms with Gasteiger partial charge in [-0.25, -0.2) is 0 Å². The average Bonchev–Trinajstić information content (AvgIpc) is 3.29. The Morgan fingerprint density at radius 1 is 1.20 bits per heavy atom. The Morgan fingerprint density at radius 2 is 2.08 bits per heavy atom. The molecule has 0 atom stereocenters. The van der Waals surface area contributed by atoms with Crippen LogP contribution in [0.25, 0.3) is 21.6 Å². The lowest BCUT2D eigenvalue weighted by Crippen LogP contribution is -1.93. The molecule has 0 amide bonds. The van der Waals surface area contributed by atoms with Gasteiger partial charge in [-0.15, -0.1) is 11.8 Å². The number of ether oxygens (including phenoxy) is 3. The molecule has 2 aromatic carbocycles. The first kappa shape index (κ1) is 16.1. The van der Waals surface area contributed by atoms with Crippen molar-refractivity contribution in [3.63, 3.8) is 0 Å². The number of rotatable bonds is 4. The zero-order valence-electron chi connectivity index (χ0n) is 13.7. The highest BCUT2D eigenvalue weighted by Gasteiger charge is 2.22. The first-order valence-electron chi connectivity index (χ1n) is 7.58. The van der Waals surface area contributed by atoms with Crippen molar-refractivity contribution in [2.75, 3.05) is 25.9 Å². The van der Waals surface area contributed by atoms with Crippen molar-refractivity contribution >= 4 is 29.0 Å². The normalized spacial score (nSPS) is 12.4. The highest BCUT2D eigenvalue weighted by atomic mass is 32.2. The lowest BCUT2D eigenvalue weighted by atomic mass is 10.0. The van der Waals surface area contributed by atoms with Crippen molar-refractivity contribution in [3.05, 3.63) is 36.5 Å². The van der Waals surface area contributed by atoms with Crippen molar-refractivity contribution in [1.82, 2.24) is 4.37 Å². The minimum absolute atomic E-state index is 0.206. The van der Waals surface area contributed by atoms with E-state index in [9.17, 15) is 0 Å². The number of anilines is 1. The molecule has 25 heavy (non-hydrogen) atoms. The number of thioether (sulfide) groups is 1. The molecule has 2 N–H and O–H groups in total. The quantitative estimate of drug-likeness (QED) is 0.536. The number of fused-ring (bicyclic) bond motifs is 1. The van der Waals surface area contributed by atoms with E-state index in [0.29, 0.717) is 17.2 Å². The van der Waals surface area contributed by atoms with Crippen LogP contribution in [0.5, 0.6) is 17.2 Å². The Balaban J connectivity index is 1.82. The molecule has 7 heteroatoms. The summed E-state index contributed by atoms with van der Waals surface area (Å²) in [6.45, 7) is 0.206. The van der Waals surface area contributed by atoms with Crippen molar-refractivity contribution < 1.29 is 14.2 Å². The molecule has 0 bridgehead atoms. The smallest absolute Gasteiger partial charge is 0.231 e. The van der Waals surface area contributed by atoms with E-state index in [4.69, 9.17) is 19.9 Å². The lowest BCUT2D eigenvalue weighted by Gasteiger charge is -2.10. The molecule has 0 spiro atoms. The van der Waals surface area contributed by atoms with Crippen molar-refractivity contribution in [2.24, 2.45) is 0 Å². The Bertz CT molecular complexity index is 940. The summed E-state index contributed by atoms with van der Waals surface area (Å²) < 4.78 is 20.8. The Hall–Kier alpha value is -2.38. The minimum atomic E-state index is 0.206. The highest BCUT2D eigenvalue weighted by Crippen LogP contribution is 2.46. The third kappa shape index (κ3) is 2.79. The molecule has 1 aliphatic heterocycles. The van der Waals surface area contributed by atoms with Crippen LogP contribution >= 0.6 is 23.3 Å². The van der Waals surface area contributed by atoms with Gasteiger partial charge in [-0.1, -0.05) is 6.07 Å². The zero-order valence-corrected chi connectivity index (χ0v) is 15.4. The van der Waals surface area contributed by atoms with Crippen molar-refractivity contribution in [1.29, 1.82) is 0 Å². The Labute approximate surface area is 153 Å². The van der Waals surface area contributed by atoms with Gasteiger partial charge in [0, 0.05) is 27.9 Å². The largest absolute Gasteiger partial charge is 0.493 e. The summed E-state index contributed by atoms with van der Waals surface area (Å²) in [5, 5.41) is 0. The fraction of sp³-hybridized carbons (Fsp3) is 0.167. The lowest BCUT2D eigenvalue weighted by molar-refractivity contribution is 0.171. The van der Waals surface area contributed by atoms with E-state index in [0.717, 1.165) is 32.2 Å². The summed E-state index contributed by atoms with van der Waals surface area (Å²) in [4.78, 5) is 2.10. The number of nitrogens with two attached hydrogens (primary N) is 1. The van der Waals surface area contributed by atoms with E-state index >= 15 is 0 Å². The van der Waals surface area contributed by atoms with Gasteiger partial charge in [0.1, 0.15) is 0 Å². The fourth-order valence-electron chi connectivity index (χ4n) is 2.82. The molecule has 1 aromatic heterocycles. The van der Waals surface area contributed by atoms with Gasteiger partial charge in [-0.2, -0.15) is 4.37 Å². The van der Waals surface area contributed by atoms with Crippen LogP contribution in [0.3, 0.4) is 0 Å². The first-order chi connectivity index (χ1) is 12.2. The second kappa shape index (κ2) is 6.50. The van der Waals surface area contributed by atoms with Gasteiger partial charge < -0.3 is 19.9 Å². The second-order valence-corrected chi connectivity index (χ2v) is 7.09. The molecule has 2 heterocycles. The summed E-state index contributed by atoms with van der Waals surface area (Å²) in [7, 11) is 1.62. The van der Waals surface area contributed by atoms with E-state index in [1.165, 1.54) is 11.5 Å². The number of benzene rings is 2. The molecule has 0 saturated heterocycles. The monoisotopic (exact) mass is 372 g/mol. The van der Waals surface area contributed by atoms with Gasteiger partial charge >= 0.3 is 0 Å². The average molecular weight is 372 g/mol. The molecular formula is C18H16N2O3S2. The van der Waals surface area contributed by atoms with Gasteiger partial charge in [0.25, 0.3) is 0 Å². The van der Waals surface area contributed by atoms with Crippen molar-refractivity contribution in [3.8, 4) is 38.8 Å². The number of hydrogen-bond acceptors (Lipinski definition) is 7. The molecule has 0 saturated carbocycles. The predicted molar refractivity (Wildman–Crippen MR) is 102 cm³/mol. The number of aromatic nitrogens is 1. The number of nitrogens with zero attached hydrogens (tertiary/aromatic N) is 1. The molecule has 128 valence electrons. The SMILES string of the molecule is COc1cc(-c2sncc2-c2ccc(SC)c(N)c2)cc2c1OCO2. The van der Waals surface area contributed by atoms with Gasteiger partial charge in [-0.05, 0) is 47.6 Å². The predicted octanol–water partition coefficient (Wildman–Crippen LogP) is 4.52. The van der Waals surface area contributed by atoms with Gasteiger partial charge in [-0.3, -0.25) is 0 Å². The maximum atomic E-state index is 6.15. The summed E-state index contributed by atoms with van der Waals surface area (Å²) in [5.41, 5.74) is 9.97. The topological polar surface area (TPSA) is 66.6 Å². The number of hydrogen-bond donors (Lipinski definition) is 1. The molecule has 0 unspecified atom stereocenters. The minimum Gasteiger partial charge on any atom is -0.493 e. The van der Waals surface area contributed by atoms with Crippen LogP contribution in [0, 0.1) is 0 Å². The Kier molecular flexibility index (Phi) is 4.19. The molecule has 1 aliphatic rings. The summed E-state index contributed by atoms with van der Waals surface area (Å²) in [6, 6.07) is 10.0. The number of nitrogen functional groups attached to an aromatic ring is 1. The van der Waals surface area contributed by atoms with Crippen LogP contribution in [-0.4, -0.2) is 24.5 Å². The van der Waals surface area contributed by atoms with Crippen LogP contribution in [0.1, 0.15) is 0 Å². The van der Waals surface area contributed by atoms with Gasteiger partial charge in [0.15, 0.2) is 11.5 Å². The summed E-state index contributed by atoms with van der Waals surface area (Å²) >= 11 is 3.07. The molecule has 0 aliphatic carbocycles. The standard InChI is InChI=1S/C18H16N2O3S2/c1-21-14-6-11(7-15-17(14)23-9-22-15)18-12(8-20-25-18)10-3-4-16(24-2)13(19)5-10/h3-8H,9,19H2,1-2H3. The third-order valence-corrected chi connectivity index (χ3v) is 5.69. The zero-order chi connectivity index (χ0) is 17.4. The highest BCUT2D eigenvalue weighted by molar-refractivity contribution is 7.98. The number of methoxy groups -OCH3 is 1. The third-order valence-electron chi connectivity index (χ3n) is 4.03. The maximum Gasteiger partial charge on any atom is 0.231 e. The van der Waals surface area contributed by atoms with Crippen LogP contribution in [-0.2, 0) is 0 Å². The molecule has 3 aromatic rings. The van der Waals surface area contributed by atoms with E-state index < -0.39 is 0 Å². The molecule has 0 fully saturated rings. The molecule has 0 radical (unpaired) electrons. The van der Waals surface area contributed by atoms with E-state index in [-0.39, 0.29) is 6.79 Å². The van der Waals surface area contributed by atoms with Crippen LogP contribution in [0.15, 0.2) is 41.4 Å². The van der Waals surface area contributed by atoms with Crippen molar-refractivity contribution in [2.45, 2.75) is 4.90 Å². The maximum absolute atomic E-state index is 6.15. The summed E-state index contributed by atoms with van der Waals surface area (Å²) in [5.74, 6) is 1.98. The van der Waals surface area contributed by atoms with Gasteiger partial charge in [0.2, 0.25) is 12.5 Å². The van der Waals surface area contributed by atoms with Crippen LogP contribution in [0.4, 0.5) is 5.69 Å². The van der Waals surface area contributed by atoms with E-state index in [1.807, 2.05) is 36.7 Å². The van der Waals surface area contributed by atoms with E-state index in [2.05, 4.69) is 10.4 Å². The molecular weight excluding hydrogens is 356 g/mol. The fourth-order valence-corrected chi connectivity index (χ4v) is 4.07. The van der Waals surface area contributed by atoms with Crippen LogP contribution in [0.2, 0.25) is 0 Å².